The molecule has 0 saturated carbocycles. The number of thioether (sulfide) groups is 1. The maximum Gasteiger partial charge on any atom is 0.330 e. The van der Waals surface area contributed by atoms with Crippen molar-refractivity contribution in [2.75, 3.05) is 50.3 Å². The van der Waals surface area contributed by atoms with Crippen molar-refractivity contribution in [2.24, 2.45) is 0 Å². The average Bonchev–Trinajstić information content (AvgIpc) is 2.98. The van der Waals surface area contributed by atoms with Gasteiger partial charge in [-0.05, 0) is 62.3 Å². The number of carboxylic acid groups (broad SMARTS) is 2. The normalized spacial score (nSPS) is 13.1. The first kappa shape index (κ1) is 42.2. The summed E-state index contributed by atoms with van der Waals surface area (Å²) < 4.78 is 39.1. The van der Waals surface area contributed by atoms with Crippen molar-refractivity contribution in [2.45, 2.75) is 45.3 Å². The van der Waals surface area contributed by atoms with Gasteiger partial charge in [-0.25, -0.2) is 4.79 Å². The van der Waals surface area contributed by atoms with Gasteiger partial charge in [-0.15, -0.1) is 0 Å². The summed E-state index contributed by atoms with van der Waals surface area (Å²) in [6, 6.07) is 19.0. The molecular formula is C31H48O9P2S2. The van der Waals surface area contributed by atoms with Gasteiger partial charge in [0.2, 0.25) is 0 Å². The lowest BCUT2D eigenvalue weighted by Gasteiger charge is -2.16. The minimum absolute atomic E-state index is 0.0629. The van der Waals surface area contributed by atoms with Crippen LogP contribution in [0.4, 0.5) is 0 Å². The van der Waals surface area contributed by atoms with E-state index in [2.05, 4.69) is 12.6 Å². The quantitative estimate of drug-likeness (QED) is 0.0569. The molecule has 2 unspecified atom stereocenters. The molecule has 0 aliphatic carbocycles. The van der Waals surface area contributed by atoms with Crippen molar-refractivity contribution in [3.63, 3.8) is 0 Å². The molecule has 248 valence electrons. The lowest BCUT2D eigenvalue weighted by Crippen LogP contribution is -2.04. The third-order valence-corrected chi connectivity index (χ3v) is 11.2. The average molecular weight is 691 g/mol. The highest BCUT2D eigenvalue weighted by atomic mass is 32.2. The first-order valence-corrected chi connectivity index (χ1v) is 20.1. The number of hydrogen-bond donors (Lipinski definition) is 3. The van der Waals surface area contributed by atoms with E-state index in [1.165, 1.54) is 0 Å². The molecule has 9 nitrogen and oxygen atoms in total. The molecule has 2 aromatic carbocycles. The number of benzene rings is 2. The van der Waals surface area contributed by atoms with Crippen LogP contribution in [0.2, 0.25) is 0 Å². The summed E-state index contributed by atoms with van der Waals surface area (Å²) in [5, 5.41) is 17.2. The fourth-order valence-electron chi connectivity index (χ4n) is 3.57. The number of carbonyl (C=O) groups is 2. The molecule has 0 amide bonds. The smallest absolute Gasteiger partial charge is 0.330 e. The number of carboxylic acids is 2. The number of rotatable bonds is 19. The zero-order chi connectivity index (χ0) is 33.3. The highest BCUT2D eigenvalue weighted by Gasteiger charge is 2.22. The van der Waals surface area contributed by atoms with Crippen molar-refractivity contribution >= 4 is 57.4 Å². The van der Waals surface area contributed by atoms with Gasteiger partial charge in [-0.3, -0.25) is 13.9 Å². The summed E-state index contributed by atoms with van der Waals surface area (Å²) in [5.41, 5.74) is 1.92. The Bertz CT molecular complexity index is 1160. The first-order chi connectivity index (χ1) is 20.9. The SMILES string of the molecule is CCOP(=O)(CCCS)OCC.CCOP(C)(=O)CCCSC(CC(=O)O)c1ccccc1.O=C(O)/C=C/c1ccccc1. The number of hydrogen-bond acceptors (Lipinski definition) is 9. The Labute approximate surface area is 272 Å². The minimum atomic E-state index is -2.78. The topological polar surface area (TPSA) is 136 Å². The highest BCUT2D eigenvalue weighted by Crippen LogP contribution is 2.48. The largest absolute Gasteiger partial charge is 0.481 e. The molecule has 2 rings (SSSR count). The van der Waals surface area contributed by atoms with Crippen LogP contribution >= 0.6 is 39.4 Å². The molecule has 2 aromatic rings. The van der Waals surface area contributed by atoms with Crippen molar-refractivity contribution in [1.29, 1.82) is 0 Å². The van der Waals surface area contributed by atoms with Gasteiger partial charge in [0.25, 0.3) is 0 Å². The van der Waals surface area contributed by atoms with Crippen LogP contribution in [0.5, 0.6) is 0 Å². The second-order valence-corrected chi connectivity index (χ2v) is 15.9. The molecule has 0 bridgehead atoms. The Morgan fingerprint density at radius 1 is 0.864 bits per heavy atom. The molecule has 13 heteroatoms. The summed E-state index contributed by atoms with van der Waals surface area (Å²) in [5.74, 6) is -0.234. The molecule has 0 heterocycles. The fraction of sp³-hybridized carbons (Fsp3) is 0.484. The van der Waals surface area contributed by atoms with Crippen LogP contribution in [0.15, 0.2) is 66.7 Å². The molecule has 0 aliphatic heterocycles. The Balaban J connectivity index is 0.000000684. The van der Waals surface area contributed by atoms with E-state index in [-0.39, 0.29) is 11.7 Å². The van der Waals surface area contributed by atoms with Crippen molar-refractivity contribution < 1.29 is 42.5 Å². The van der Waals surface area contributed by atoms with Crippen LogP contribution in [-0.2, 0) is 32.3 Å². The maximum absolute atomic E-state index is 12.0. The summed E-state index contributed by atoms with van der Waals surface area (Å²) in [4.78, 5) is 21.1. The van der Waals surface area contributed by atoms with Gasteiger partial charge in [0, 0.05) is 24.2 Å². The third kappa shape index (κ3) is 22.6. The standard InChI is InChI=1S/C15H23O4PS.C9H8O2.C7H17O3PS/c1-3-19-20(2,18)10-7-11-21-14(12-15(16)17)13-8-5-4-6-9-13;10-9(11)7-6-8-4-2-1-3-5-8;1-3-9-11(8,10-4-2)6-5-7-12/h4-6,8-9,14H,3,7,10-12H2,1-2H3,(H,16,17);1-7H,(H,10,11);12H,3-7H2,1-2H3/b;7-6+;. The van der Waals surface area contributed by atoms with Gasteiger partial charge >= 0.3 is 19.5 Å². The lowest BCUT2D eigenvalue weighted by molar-refractivity contribution is -0.137. The van der Waals surface area contributed by atoms with Crippen LogP contribution < -0.4 is 0 Å². The number of thiol groups is 1. The molecule has 0 spiro atoms. The van der Waals surface area contributed by atoms with E-state index in [0.717, 1.165) is 35.8 Å². The van der Waals surface area contributed by atoms with E-state index in [0.29, 0.717) is 37.9 Å². The van der Waals surface area contributed by atoms with E-state index < -0.39 is 26.9 Å². The lowest BCUT2D eigenvalue weighted by atomic mass is 10.1. The summed E-state index contributed by atoms with van der Waals surface area (Å²) in [7, 11) is -5.27. The molecule has 2 atom stereocenters. The van der Waals surface area contributed by atoms with Crippen molar-refractivity contribution in [3.8, 4) is 0 Å². The summed E-state index contributed by atoms with van der Waals surface area (Å²) in [6.45, 7) is 8.45. The highest BCUT2D eigenvalue weighted by molar-refractivity contribution is 7.99. The first-order valence-electron chi connectivity index (χ1n) is 14.5. The van der Waals surface area contributed by atoms with Crippen molar-refractivity contribution in [1.82, 2.24) is 0 Å². The van der Waals surface area contributed by atoms with E-state index in [9.17, 15) is 18.7 Å². The number of aliphatic carboxylic acids is 2. The third-order valence-electron chi connectivity index (χ3n) is 5.42. The van der Waals surface area contributed by atoms with Crippen LogP contribution in [-0.4, -0.2) is 72.5 Å². The van der Waals surface area contributed by atoms with E-state index in [1.54, 1.807) is 24.5 Å². The second kappa shape index (κ2) is 25.4. The predicted octanol–water partition coefficient (Wildman–Crippen LogP) is 8.63. The molecule has 0 saturated heterocycles. The molecule has 0 fully saturated rings. The van der Waals surface area contributed by atoms with Gasteiger partial charge in [-0.1, -0.05) is 60.7 Å². The van der Waals surface area contributed by atoms with Gasteiger partial charge in [-0.2, -0.15) is 24.4 Å². The van der Waals surface area contributed by atoms with Gasteiger partial charge < -0.3 is 23.8 Å². The Kier molecular flexibility index (Phi) is 24.3. The zero-order valence-corrected chi connectivity index (χ0v) is 29.6. The Morgan fingerprint density at radius 2 is 1.41 bits per heavy atom. The molecule has 0 aliphatic rings. The van der Waals surface area contributed by atoms with Gasteiger partial charge in [0.1, 0.15) is 0 Å². The van der Waals surface area contributed by atoms with E-state index >= 15 is 0 Å². The zero-order valence-electron chi connectivity index (χ0n) is 26.1. The minimum Gasteiger partial charge on any atom is -0.481 e. The molecule has 2 N–H and O–H groups in total. The summed E-state index contributed by atoms with van der Waals surface area (Å²) >= 11 is 5.64. The van der Waals surface area contributed by atoms with Crippen LogP contribution in [0.25, 0.3) is 6.08 Å². The Morgan fingerprint density at radius 3 is 1.89 bits per heavy atom. The molecule has 0 radical (unpaired) electrons. The summed E-state index contributed by atoms with van der Waals surface area (Å²) in [6.07, 6.45) is 5.32. The molecule has 0 aromatic heterocycles. The molecular weight excluding hydrogens is 642 g/mol. The van der Waals surface area contributed by atoms with Gasteiger partial charge in [0.15, 0.2) is 7.37 Å². The second-order valence-electron chi connectivity index (χ2n) is 9.21. The molecule has 44 heavy (non-hydrogen) atoms. The maximum atomic E-state index is 12.0. The predicted molar refractivity (Wildman–Crippen MR) is 186 cm³/mol. The Hall–Kier alpha value is -1.84. The van der Waals surface area contributed by atoms with Crippen LogP contribution in [0.3, 0.4) is 0 Å². The van der Waals surface area contributed by atoms with Crippen LogP contribution in [0.1, 0.15) is 56.4 Å². The van der Waals surface area contributed by atoms with E-state index in [4.69, 9.17) is 23.8 Å². The monoisotopic (exact) mass is 690 g/mol. The van der Waals surface area contributed by atoms with E-state index in [1.807, 2.05) is 81.4 Å². The van der Waals surface area contributed by atoms with Crippen LogP contribution in [0, 0.1) is 0 Å². The van der Waals surface area contributed by atoms with Gasteiger partial charge in [0.05, 0.1) is 32.4 Å². The fourth-order valence-corrected chi connectivity index (χ4v) is 8.47. The van der Waals surface area contributed by atoms with Crippen molar-refractivity contribution in [3.05, 3.63) is 77.9 Å².